The van der Waals surface area contributed by atoms with Crippen molar-refractivity contribution in [2.45, 2.75) is 232 Å². The number of hydrogen-bond acceptors (Lipinski definition) is 7. The summed E-state index contributed by atoms with van der Waals surface area (Å²) in [6.45, 7) is 4.75. The molecule has 0 aliphatic heterocycles. The van der Waals surface area contributed by atoms with Crippen molar-refractivity contribution in [2.24, 2.45) is 0 Å². The Hall–Kier alpha value is -1.18. The summed E-state index contributed by atoms with van der Waals surface area (Å²) < 4.78 is 34.4. The van der Waals surface area contributed by atoms with E-state index in [1.165, 1.54) is 167 Å². The quantitative estimate of drug-likeness (QED) is 0.0151. The van der Waals surface area contributed by atoms with Crippen molar-refractivity contribution in [1.29, 1.82) is 0 Å². The summed E-state index contributed by atoms with van der Waals surface area (Å²) in [5.74, 6) is -0.355. The number of likely N-dealkylation sites (N-methyl/N-ethyl adjacent to an activating group) is 1. The van der Waals surface area contributed by atoms with Crippen LogP contribution in [0.3, 0.4) is 0 Å². The SMILES string of the molecule is CCCCCCCC/C=C\CCCCCC/C=C\OC[C@H](COP(=O)([O-])OCC[N+](C)(C)C)OC(=O)CCCCCCCCCCCCCCCCCCCCC. The first kappa shape index (κ1) is 55.8. The highest BCUT2D eigenvalue weighted by Crippen LogP contribution is 2.38. The van der Waals surface area contributed by atoms with Gasteiger partial charge in [0.15, 0.2) is 6.10 Å². The van der Waals surface area contributed by atoms with E-state index in [1.54, 1.807) is 6.26 Å². The fourth-order valence-electron chi connectivity index (χ4n) is 6.80. The van der Waals surface area contributed by atoms with Gasteiger partial charge in [-0.15, -0.1) is 0 Å². The van der Waals surface area contributed by atoms with E-state index < -0.39 is 13.9 Å². The van der Waals surface area contributed by atoms with Gasteiger partial charge < -0.3 is 27.9 Å². The molecule has 338 valence electrons. The predicted octanol–water partition coefficient (Wildman–Crippen LogP) is 14.1. The number of phosphoric ester groups is 1. The maximum Gasteiger partial charge on any atom is 0.306 e. The molecule has 57 heavy (non-hydrogen) atoms. The second-order valence-electron chi connectivity index (χ2n) is 17.5. The molecule has 0 N–H and O–H groups in total. The third kappa shape index (κ3) is 45.7. The number of hydrogen-bond donors (Lipinski definition) is 0. The lowest BCUT2D eigenvalue weighted by molar-refractivity contribution is -0.870. The van der Waals surface area contributed by atoms with Crippen LogP contribution in [-0.2, 0) is 27.9 Å². The number of carbonyl (C=O) groups is 1. The molecule has 0 saturated carbocycles. The molecule has 2 atom stereocenters. The minimum atomic E-state index is -4.54. The molecule has 0 rings (SSSR count). The lowest BCUT2D eigenvalue weighted by atomic mass is 10.0. The predicted molar refractivity (Wildman–Crippen MR) is 240 cm³/mol. The highest BCUT2D eigenvalue weighted by molar-refractivity contribution is 7.45. The maximum atomic E-state index is 12.7. The third-order valence-electron chi connectivity index (χ3n) is 10.6. The average Bonchev–Trinajstić information content (AvgIpc) is 3.16. The van der Waals surface area contributed by atoms with Gasteiger partial charge in [0, 0.05) is 6.42 Å². The van der Waals surface area contributed by atoms with Crippen LogP contribution >= 0.6 is 7.82 Å². The minimum absolute atomic E-state index is 0.0172. The van der Waals surface area contributed by atoms with Gasteiger partial charge in [-0.2, -0.15) is 0 Å². The lowest BCUT2D eigenvalue weighted by Gasteiger charge is -2.28. The van der Waals surface area contributed by atoms with E-state index >= 15 is 0 Å². The fourth-order valence-corrected chi connectivity index (χ4v) is 7.53. The zero-order valence-electron chi connectivity index (χ0n) is 38.3. The third-order valence-corrected chi connectivity index (χ3v) is 11.5. The highest BCUT2D eigenvalue weighted by Gasteiger charge is 2.20. The van der Waals surface area contributed by atoms with Crippen LogP contribution in [-0.4, -0.2) is 64.1 Å². The van der Waals surface area contributed by atoms with Crippen LogP contribution in [0.2, 0.25) is 0 Å². The molecule has 0 saturated heterocycles. The Morgan fingerprint density at radius 1 is 0.544 bits per heavy atom. The van der Waals surface area contributed by atoms with Crippen molar-refractivity contribution in [3.63, 3.8) is 0 Å². The zero-order valence-corrected chi connectivity index (χ0v) is 39.2. The molecule has 0 aliphatic rings. The van der Waals surface area contributed by atoms with Crippen molar-refractivity contribution in [3.8, 4) is 0 Å². The van der Waals surface area contributed by atoms with Crippen molar-refractivity contribution < 1.29 is 37.3 Å². The molecule has 8 nitrogen and oxygen atoms in total. The van der Waals surface area contributed by atoms with E-state index in [1.807, 2.05) is 27.2 Å². The van der Waals surface area contributed by atoms with Crippen LogP contribution in [0.15, 0.2) is 24.5 Å². The maximum absolute atomic E-state index is 12.7. The molecule has 0 spiro atoms. The molecule has 0 radical (unpaired) electrons. The minimum Gasteiger partial charge on any atom is -0.756 e. The number of rotatable bonds is 45. The number of allylic oxidation sites excluding steroid dienone is 3. The zero-order chi connectivity index (χ0) is 42.0. The summed E-state index contributed by atoms with van der Waals surface area (Å²) in [4.78, 5) is 25.1. The van der Waals surface area contributed by atoms with Gasteiger partial charge in [-0.05, 0) is 51.0 Å². The number of unbranched alkanes of at least 4 members (excludes halogenated alkanes) is 29. The molecular weight excluding hydrogens is 734 g/mol. The highest BCUT2D eigenvalue weighted by atomic mass is 31.2. The number of quaternary nitrogens is 1. The van der Waals surface area contributed by atoms with E-state index in [0.29, 0.717) is 17.4 Å². The summed E-state index contributed by atoms with van der Waals surface area (Å²) in [5.41, 5.74) is 0. The van der Waals surface area contributed by atoms with Gasteiger partial charge in [0.05, 0.1) is 34.0 Å². The Bertz CT molecular complexity index is 967. The second-order valence-corrected chi connectivity index (χ2v) is 19.0. The smallest absolute Gasteiger partial charge is 0.306 e. The van der Waals surface area contributed by atoms with Crippen LogP contribution in [0, 0.1) is 0 Å². The molecule has 1 unspecified atom stereocenters. The van der Waals surface area contributed by atoms with Crippen molar-refractivity contribution >= 4 is 13.8 Å². The Labute approximate surface area is 353 Å². The number of phosphoric acid groups is 1. The van der Waals surface area contributed by atoms with Crippen molar-refractivity contribution in [3.05, 3.63) is 24.5 Å². The van der Waals surface area contributed by atoms with Crippen LogP contribution in [0.4, 0.5) is 0 Å². The molecule has 0 fully saturated rings. The van der Waals surface area contributed by atoms with Crippen LogP contribution in [0.5, 0.6) is 0 Å². The van der Waals surface area contributed by atoms with Crippen LogP contribution < -0.4 is 4.89 Å². The summed E-state index contributed by atoms with van der Waals surface area (Å²) in [6.07, 6.45) is 48.6. The molecular formula is C48H94NO7P. The summed E-state index contributed by atoms with van der Waals surface area (Å²) in [5, 5.41) is 0. The number of ether oxygens (including phenoxy) is 2. The van der Waals surface area contributed by atoms with E-state index in [-0.39, 0.29) is 25.8 Å². The van der Waals surface area contributed by atoms with Gasteiger partial charge in [0.1, 0.15) is 19.8 Å². The molecule has 0 amide bonds. The largest absolute Gasteiger partial charge is 0.756 e. The Morgan fingerprint density at radius 3 is 1.35 bits per heavy atom. The van der Waals surface area contributed by atoms with E-state index in [4.69, 9.17) is 18.5 Å². The molecule has 0 aliphatic carbocycles. The van der Waals surface area contributed by atoms with Gasteiger partial charge in [-0.1, -0.05) is 187 Å². The van der Waals surface area contributed by atoms with Gasteiger partial charge in [-0.3, -0.25) is 9.36 Å². The Kier molecular flexibility index (Phi) is 40.7. The van der Waals surface area contributed by atoms with Gasteiger partial charge in [0.25, 0.3) is 7.82 Å². The first-order chi connectivity index (χ1) is 27.6. The second kappa shape index (κ2) is 41.5. The van der Waals surface area contributed by atoms with Crippen molar-refractivity contribution in [1.82, 2.24) is 0 Å². The Balaban J connectivity index is 4.21. The molecule has 0 bridgehead atoms. The van der Waals surface area contributed by atoms with E-state index in [0.717, 1.165) is 38.5 Å². The van der Waals surface area contributed by atoms with Crippen LogP contribution in [0.1, 0.15) is 226 Å². The van der Waals surface area contributed by atoms with Crippen LogP contribution in [0.25, 0.3) is 0 Å². The molecule has 0 heterocycles. The van der Waals surface area contributed by atoms with Gasteiger partial charge in [-0.25, -0.2) is 0 Å². The van der Waals surface area contributed by atoms with E-state index in [2.05, 4.69) is 26.0 Å². The lowest BCUT2D eigenvalue weighted by Crippen LogP contribution is -2.37. The summed E-state index contributed by atoms with van der Waals surface area (Å²) >= 11 is 0. The fraction of sp³-hybridized carbons (Fsp3) is 0.896. The van der Waals surface area contributed by atoms with Gasteiger partial charge >= 0.3 is 5.97 Å². The summed E-state index contributed by atoms with van der Waals surface area (Å²) in [6, 6.07) is 0. The topological polar surface area (TPSA) is 94.1 Å². The molecule has 0 aromatic rings. The molecule has 0 aromatic heterocycles. The number of esters is 1. The molecule has 0 aromatic carbocycles. The Morgan fingerprint density at radius 2 is 0.930 bits per heavy atom. The van der Waals surface area contributed by atoms with E-state index in [9.17, 15) is 14.3 Å². The average molecular weight is 828 g/mol. The number of nitrogens with zero attached hydrogens (tertiary/aromatic N) is 1. The standard InChI is InChI=1S/C48H94NO7P/c1-6-8-10-12-14-16-18-20-22-24-25-26-27-29-31-33-35-37-39-41-48(50)56-47(46-55-57(51,52)54-44-42-49(3,4)5)45-53-43-40-38-36-34-32-30-28-23-21-19-17-15-13-11-9-7-2/h21,23,40,43,47H,6-20,22,24-39,41-42,44-46H2,1-5H3/b23-21-,43-40-/t47-/m1/s1. The summed E-state index contributed by atoms with van der Waals surface area (Å²) in [7, 11) is 1.33. The van der Waals surface area contributed by atoms with Crippen molar-refractivity contribution in [2.75, 3.05) is 47.5 Å². The molecule has 9 heteroatoms. The first-order valence-electron chi connectivity index (χ1n) is 24.1. The monoisotopic (exact) mass is 828 g/mol. The normalized spacial score (nSPS) is 13.8. The van der Waals surface area contributed by atoms with Gasteiger partial charge in [0.2, 0.25) is 0 Å². The first-order valence-corrected chi connectivity index (χ1v) is 25.6. The number of carbonyl (C=O) groups excluding carboxylic acids is 1.